The Morgan fingerprint density at radius 2 is 1.84 bits per heavy atom. The second-order valence-electron chi connectivity index (χ2n) is 6.75. The maximum atomic E-state index is 11.8. The van der Waals surface area contributed by atoms with E-state index in [1.165, 1.54) is 32.1 Å². The van der Waals surface area contributed by atoms with Crippen molar-refractivity contribution in [2.45, 2.75) is 70.1 Å². The number of nitrogens with one attached hydrogen (secondary N) is 1. The number of sulfone groups is 1. The van der Waals surface area contributed by atoms with Gasteiger partial charge >= 0.3 is 0 Å². The molecule has 0 aromatic carbocycles. The van der Waals surface area contributed by atoms with Crippen LogP contribution in [0.5, 0.6) is 0 Å². The smallest absolute Gasteiger partial charge is 0.154 e. The minimum absolute atomic E-state index is 0.114. The van der Waals surface area contributed by atoms with Gasteiger partial charge < -0.3 is 5.32 Å². The Hall–Kier alpha value is -0.0900. The lowest BCUT2D eigenvalue weighted by Crippen LogP contribution is -2.37. The normalized spacial score (nSPS) is 35.4. The van der Waals surface area contributed by atoms with Gasteiger partial charge in [0.1, 0.15) is 0 Å². The summed E-state index contributed by atoms with van der Waals surface area (Å²) < 4.78 is 23.6. The summed E-state index contributed by atoms with van der Waals surface area (Å²) in [4.78, 5) is 0. The fourth-order valence-electron chi connectivity index (χ4n) is 3.59. The summed E-state index contributed by atoms with van der Waals surface area (Å²) in [5, 5.41) is 3.43. The van der Waals surface area contributed by atoms with Crippen LogP contribution in [-0.2, 0) is 9.84 Å². The Bertz CT molecular complexity index is 378. The minimum atomic E-state index is -2.78. The molecule has 0 aromatic heterocycles. The first-order valence-corrected chi connectivity index (χ1v) is 9.65. The molecule has 4 heteroatoms. The predicted molar refractivity (Wildman–Crippen MR) is 80.0 cm³/mol. The fourth-order valence-corrected chi connectivity index (χ4v) is 5.37. The van der Waals surface area contributed by atoms with Gasteiger partial charge in [0.15, 0.2) is 9.84 Å². The maximum Gasteiger partial charge on any atom is 0.154 e. The highest BCUT2D eigenvalue weighted by Crippen LogP contribution is 2.29. The van der Waals surface area contributed by atoms with E-state index < -0.39 is 9.84 Å². The monoisotopic (exact) mass is 287 g/mol. The first-order chi connectivity index (χ1) is 8.99. The van der Waals surface area contributed by atoms with Crippen molar-refractivity contribution in [3.63, 3.8) is 0 Å². The standard InChI is InChI=1S/C15H29NO2S/c1-12(2)13-5-3-6-14(9-8-13)16-11-15-7-4-10-19(15,17)18/h12-16H,3-11H2,1-2H3. The lowest BCUT2D eigenvalue weighted by Gasteiger charge is -2.20. The molecule has 0 radical (unpaired) electrons. The molecule has 1 heterocycles. The number of rotatable bonds is 4. The van der Waals surface area contributed by atoms with Crippen molar-refractivity contribution < 1.29 is 8.42 Å². The van der Waals surface area contributed by atoms with E-state index in [4.69, 9.17) is 0 Å². The van der Waals surface area contributed by atoms with Gasteiger partial charge in [-0.25, -0.2) is 8.42 Å². The van der Waals surface area contributed by atoms with Crippen molar-refractivity contribution in [1.29, 1.82) is 0 Å². The van der Waals surface area contributed by atoms with Crippen molar-refractivity contribution in [2.75, 3.05) is 12.3 Å². The zero-order valence-corrected chi connectivity index (χ0v) is 13.2. The number of hydrogen-bond donors (Lipinski definition) is 1. The zero-order chi connectivity index (χ0) is 13.9. The molecule has 112 valence electrons. The average Bonchev–Trinajstić information content (AvgIpc) is 2.56. The molecule has 0 aromatic rings. The average molecular weight is 287 g/mol. The molecule has 2 aliphatic rings. The van der Waals surface area contributed by atoms with E-state index in [-0.39, 0.29) is 5.25 Å². The fraction of sp³-hybridized carbons (Fsp3) is 1.00. The van der Waals surface area contributed by atoms with Crippen LogP contribution in [0.1, 0.15) is 58.8 Å². The molecule has 2 fully saturated rings. The first-order valence-electron chi connectivity index (χ1n) is 7.94. The molecule has 2 rings (SSSR count). The summed E-state index contributed by atoms with van der Waals surface area (Å²) in [5.74, 6) is 2.05. The summed E-state index contributed by atoms with van der Waals surface area (Å²) in [6, 6.07) is 0.541. The van der Waals surface area contributed by atoms with Gasteiger partial charge in [0.2, 0.25) is 0 Å². The molecule has 19 heavy (non-hydrogen) atoms. The van der Waals surface area contributed by atoms with E-state index in [2.05, 4.69) is 19.2 Å². The van der Waals surface area contributed by atoms with Crippen LogP contribution in [-0.4, -0.2) is 32.0 Å². The Labute approximate surface area is 118 Å². The topological polar surface area (TPSA) is 46.2 Å². The Balaban J connectivity index is 1.77. The molecule has 3 unspecified atom stereocenters. The largest absolute Gasteiger partial charge is 0.313 e. The summed E-state index contributed by atoms with van der Waals surface area (Å²) >= 11 is 0. The van der Waals surface area contributed by atoms with E-state index in [1.54, 1.807) is 0 Å². The molecule has 0 spiro atoms. The Morgan fingerprint density at radius 1 is 1.05 bits per heavy atom. The second kappa shape index (κ2) is 6.57. The van der Waals surface area contributed by atoms with Crippen molar-refractivity contribution in [2.24, 2.45) is 11.8 Å². The second-order valence-corrected chi connectivity index (χ2v) is 9.15. The van der Waals surface area contributed by atoms with Gasteiger partial charge in [-0.1, -0.05) is 26.7 Å². The molecular weight excluding hydrogens is 258 g/mol. The van der Waals surface area contributed by atoms with Crippen molar-refractivity contribution >= 4 is 9.84 Å². The van der Waals surface area contributed by atoms with Gasteiger partial charge in [0, 0.05) is 12.6 Å². The van der Waals surface area contributed by atoms with Gasteiger partial charge in [-0.2, -0.15) is 0 Å². The van der Waals surface area contributed by atoms with E-state index in [0.29, 0.717) is 18.3 Å². The van der Waals surface area contributed by atoms with Crippen LogP contribution in [0, 0.1) is 11.8 Å². The lowest BCUT2D eigenvalue weighted by atomic mass is 9.89. The molecule has 1 N–H and O–H groups in total. The van der Waals surface area contributed by atoms with Gasteiger partial charge in [-0.05, 0) is 43.9 Å². The van der Waals surface area contributed by atoms with Gasteiger partial charge in [0.25, 0.3) is 0 Å². The minimum Gasteiger partial charge on any atom is -0.313 e. The summed E-state index contributed by atoms with van der Waals surface area (Å²) in [7, 11) is -2.78. The molecule has 3 atom stereocenters. The van der Waals surface area contributed by atoms with Crippen molar-refractivity contribution in [1.82, 2.24) is 5.32 Å². The van der Waals surface area contributed by atoms with Crippen LogP contribution in [0.3, 0.4) is 0 Å². The first kappa shape index (κ1) is 15.3. The van der Waals surface area contributed by atoms with Gasteiger partial charge in [-0.3, -0.25) is 0 Å². The van der Waals surface area contributed by atoms with E-state index in [1.807, 2.05) is 0 Å². The summed E-state index contributed by atoms with van der Waals surface area (Å²) in [5.41, 5.74) is 0. The number of hydrogen-bond acceptors (Lipinski definition) is 3. The van der Waals surface area contributed by atoms with Crippen LogP contribution in [0.15, 0.2) is 0 Å². The predicted octanol–water partition coefficient (Wildman–Crippen LogP) is 2.76. The quantitative estimate of drug-likeness (QED) is 0.809. The van der Waals surface area contributed by atoms with Crippen LogP contribution in [0.4, 0.5) is 0 Å². The van der Waals surface area contributed by atoms with Gasteiger partial charge in [-0.15, -0.1) is 0 Å². The van der Waals surface area contributed by atoms with Crippen LogP contribution in [0.2, 0.25) is 0 Å². The van der Waals surface area contributed by atoms with E-state index in [0.717, 1.165) is 24.7 Å². The maximum absolute atomic E-state index is 11.8. The highest BCUT2D eigenvalue weighted by atomic mass is 32.2. The van der Waals surface area contributed by atoms with Crippen molar-refractivity contribution in [3.05, 3.63) is 0 Å². The highest BCUT2D eigenvalue weighted by Gasteiger charge is 2.31. The third-order valence-corrected chi connectivity index (χ3v) is 7.33. The van der Waals surface area contributed by atoms with E-state index >= 15 is 0 Å². The molecule has 0 amide bonds. The van der Waals surface area contributed by atoms with E-state index in [9.17, 15) is 8.42 Å². The Kier molecular flexibility index (Phi) is 5.29. The zero-order valence-electron chi connectivity index (χ0n) is 12.4. The van der Waals surface area contributed by atoms with Crippen LogP contribution < -0.4 is 5.32 Å². The molecule has 0 bridgehead atoms. The Morgan fingerprint density at radius 3 is 2.47 bits per heavy atom. The summed E-state index contributed by atoms with van der Waals surface area (Å²) in [6.07, 6.45) is 8.08. The summed E-state index contributed by atoms with van der Waals surface area (Å²) in [6.45, 7) is 5.33. The molecule has 1 saturated carbocycles. The molecule has 1 aliphatic heterocycles. The van der Waals surface area contributed by atoms with Crippen LogP contribution >= 0.6 is 0 Å². The van der Waals surface area contributed by atoms with Crippen LogP contribution in [0.25, 0.3) is 0 Å². The SMILES string of the molecule is CC(C)C1CCCC(NCC2CCCS2(=O)=O)CC1. The molecule has 1 aliphatic carbocycles. The highest BCUT2D eigenvalue weighted by molar-refractivity contribution is 7.92. The van der Waals surface area contributed by atoms with Gasteiger partial charge in [0.05, 0.1) is 11.0 Å². The third-order valence-electron chi connectivity index (χ3n) is 5.05. The lowest BCUT2D eigenvalue weighted by molar-refractivity contribution is 0.338. The van der Waals surface area contributed by atoms with Crippen molar-refractivity contribution in [3.8, 4) is 0 Å². The molecule has 3 nitrogen and oxygen atoms in total. The third kappa shape index (κ3) is 4.19. The molecular formula is C15H29NO2S. The molecule has 1 saturated heterocycles.